The van der Waals surface area contributed by atoms with Crippen LogP contribution in [0.3, 0.4) is 0 Å². The molecule has 2 fully saturated rings. The fourth-order valence-electron chi connectivity index (χ4n) is 3.67. The van der Waals surface area contributed by atoms with Crippen molar-refractivity contribution in [2.24, 2.45) is 0 Å². The van der Waals surface area contributed by atoms with E-state index in [-0.39, 0.29) is 6.09 Å². The van der Waals surface area contributed by atoms with E-state index in [4.69, 9.17) is 4.74 Å². The van der Waals surface area contributed by atoms with Gasteiger partial charge in [0.05, 0.1) is 12.8 Å². The van der Waals surface area contributed by atoms with Crippen LogP contribution in [0, 0.1) is 0 Å². The van der Waals surface area contributed by atoms with E-state index in [0.29, 0.717) is 44.6 Å². The molecule has 1 amide bonds. The summed E-state index contributed by atoms with van der Waals surface area (Å²) in [6.45, 7) is 6.92. The third-order valence-electron chi connectivity index (χ3n) is 5.25. The number of piperazine rings is 1. The number of anilines is 4. The Hall–Kier alpha value is -3.10. The van der Waals surface area contributed by atoms with Crippen molar-refractivity contribution < 1.29 is 9.53 Å². The highest BCUT2D eigenvalue weighted by molar-refractivity contribution is 5.68. The molecule has 9 nitrogen and oxygen atoms in total. The molecule has 1 N–H and O–H groups in total. The number of hydrogen-bond donors (Lipinski definition) is 1. The fraction of sp³-hybridized carbons (Fsp3) is 0.500. The Morgan fingerprint density at radius 1 is 1.03 bits per heavy atom. The highest BCUT2D eigenvalue weighted by Gasteiger charge is 2.23. The van der Waals surface area contributed by atoms with Gasteiger partial charge in [-0.25, -0.2) is 4.79 Å². The Morgan fingerprint density at radius 2 is 1.76 bits per heavy atom. The molecule has 2 aliphatic heterocycles. The summed E-state index contributed by atoms with van der Waals surface area (Å²) in [7, 11) is 0. The summed E-state index contributed by atoms with van der Waals surface area (Å²) in [6.07, 6.45) is 3.89. The van der Waals surface area contributed by atoms with Crippen LogP contribution >= 0.6 is 0 Å². The molecule has 2 aliphatic rings. The van der Waals surface area contributed by atoms with E-state index >= 15 is 0 Å². The molecule has 2 saturated heterocycles. The molecule has 1 aromatic heterocycles. The molecule has 29 heavy (non-hydrogen) atoms. The number of hydrogen-bond acceptors (Lipinski definition) is 8. The number of nitrogens with one attached hydrogen (secondary N) is 1. The van der Waals surface area contributed by atoms with Crippen LogP contribution in [0.25, 0.3) is 0 Å². The largest absolute Gasteiger partial charge is 0.450 e. The molecule has 154 valence electrons. The van der Waals surface area contributed by atoms with Crippen molar-refractivity contribution in [1.82, 2.24) is 20.1 Å². The number of benzene rings is 1. The van der Waals surface area contributed by atoms with Crippen molar-refractivity contribution in [1.29, 1.82) is 0 Å². The van der Waals surface area contributed by atoms with Crippen LogP contribution in [-0.2, 0) is 4.74 Å². The number of carbonyl (C=O) groups is 1. The van der Waals surface area contributed by atoms with Gasteiger partial charge in [-0.3, -0.25) is 0 Å². The van der Waals surface area contributed by atoms with Gasteiger partial charge in [-0.2, -0.15) is 10.1 Å². The molecular weight excluding hydrogens is 370 g/mol. The summed E-state index contributed by atoms with van der Waals surface area (Å²) in [6, 6.07) is 8.40. The zero-order valence-electron chi connectivity index (χ0n) is 16.8. The lowest BCUT2D eigenvalue weighted by Gasteiger charge is -2.33. The lowest BCUT2D eigenvalue weighted by atomic mass is 10.2. The molecule has 1 aromatic carbocycles. The third kappa shape index (κ3) is 4.67. The summed E-state index contributed by atoms with van der Waals surface area (Å²) < 4.78 is 5.06. The second-order valence-electron chi connectivity index (χ2n) is 7.18. The maximum atomic E-state index is 11.8. The Kier molecular flexibility index (Phi) is 5.92. The summed E-state index contributed by atoms with van der Waals surface area (Å²) in [5, 5.41) is 11.6. The topological polar surface area (TPSA) is 86.7 Å². The molecule has 0 saturated carbocycles. The van der Waals surface area contributed by atoms with Gasteiger partial charge in [0.15, 0.2) is 5.82 Å². The van der Waals surface area contributed by atoms with Crippen LogP contribution in [0.5, 0.6) is 0 Å². The number of rotatable bonds is 5. The van der Waals surface area contributed by atoms with Crippen molar-refractivity contribution in [2.45, 2.75) is 19.8 Å². The van der Waals surface area contributed by atoms with Gasteiger partial charge in [-0.1, -0.05) is 0 Å². The Morgan fingerprint density at radius 3 is 2.45 bits per heavy atom. The first kappa shape index (κ1) is 19.2. The molecule has 0 bridgehead atoms. The third-order valence-corrected chi connectivity index (χ3v) is 5.25. The molecule has 0 unspecified atom stereocenters. The second-order valence-corrected chi connectivity index (χ2v) is 7.18. The molecule has 0 radical (unpaired) electrons. The SMILES string of the molecule is CCOC(=O)N1CCN(c2nncc(Nc3ccc(N4CCCC4)cc3)n2)CC1. The predicted molar refractivity (Wildman–Crippen MR) is 112 cm³/mol. The number of carbonyl (C=O) groups excluding carboxylic acids is 1. The van der Waals surface area contributed by atoms with Gasteiger partial charge >= 0.3 is 6.09 Å². The minimum atomic E-state index is -0.265. The Balaban J connectivity index is 1.36. The van der Waals surface area contributed by atoms with E-state index in [9.17, 15) is 4.79 Å². The van der Waals surface area contributed by atoms with Gasteiger partial charge < -0.3 is 24.8 Å². The molecule has 2 aromatic rings. The van der Waals surface area contributed by atoms with Crippen molar-refractivity contribution >= 4 is 29.2 Å². The average molecular weight is 397 g/mol. The maximum Gasteiger partial charge on any atom is 0.409 e. The lowest BCUT2D eigenvalue weighted by molar-refractivity contribution is 0.105. The predicted octanol–water partition coefficient (Wildman–Crippen LogP) is 2.49. The van der Waals surface area contributed by atoms with Gasteiger partial charge in [-0.05, 0) is 44.0 Å². The standard InChI is InChI=1S/C20H27N7O2/c1-2-29-20(28)27-13-11-26(12-14-27)19-23-18(15-21-24-19)22-16-5-7-17(8-6-16)25-9-3-4-10-25/h5-8,15H,2-4,9-14H2,1H3,(H,22,23,24). The van der Waals surface area contributed by atoms with Gasteiger partial charge in [-0.15, -0.1) is 5.10 Å². The highest BCUT2D eigenvalue weighted by atomic mass is 16.6. The van der Waals surface area contributed by atoms with E-state index in [1.807, 2.05) is 11.8 Å². The van der Waals surface area contributed by atoms with Crippen LogP contribution in [0.4, 0.5) is 27.9 Å². The second kappa shape index (κ2) is 8.93. The van der Waals surface area contributed by atoms with E-state index < -0.39 is 0 Å². The van der Waals surface area contributed by atoms with Crippen LogP contribution in [0.15, 0.2) is 30.5 Å². The summed E-state index contributed by atoms with van der Waals surface area (Å²) in [5.41, 5.74) is 2.22. The monoisotopic (exact) mass is 397 g/mol. The Bertz CT molecular complexity index is 816. The highest BCUT2D eigenvalue weighted by Crippen LogP contribution is 2.23. The molecule has 4 rings (SSSR count). The normalized spacial score (nSPS) is 16.8. The van der Waals surface area contributed by atoms with Crippen LogP contribution in [0.1, 0.15) is 19.8 Å². The zero-order valence-corrected chi connectivity index (χ0v) is 16.8. The van der Waals surface area contributed by atoms with Crippen molar-refractivity contribution in [3.63, 3.8) is 0 Å². The van der Waals surface area contributed by atoms with Gasteiger partial charge in [0.25, 0.3) is 0 Å². The fourth-order valence-corrected chi connectivity index (χ4v) is 3.67. The van der Waals surface area contributed by atoms with E-state index in [1.165, 1.54) is 18.5 Å². The zero-order chi connectivity index (χ0) is 20.1. The number of aromatic nitrogens is 3. The smallest absolute Gasteiger partial charge is 0.409 e. The lowest BCUT2D eigenvalue weighted by Crippen LogP contribution is -2.49. The van der Waals surface area contributed by atoms with Crippen molar-refractivity contribution in [3.8, 4) is 0 Å². The number of nitrogens with zero attached hydrogens (tertiary/aromatic N) is 6. The van der Waals surface area contributed by atoms with Crippen molar-refractivity contribution in [3.05, 3.63) is 30.5 Å². The average Bonchev–Trinajstić information content (AvgIpc) is 3.30. The van der Waals surface area contributed by atoms with Crippen LogP contribution in [0.2, 0.25) is 0 Å². The maximum absolute atomic E-state index is 11.8. The summed E-state index contributed by atoms with van der Waals surface area (Å²) in [4.78, 5) is 22.6. The molecule has 3 heterocycles. The Labute approximate surface area is 170 Å². The first-order valence-corrected chi connectivity index (χ1v) is 10.2. The minimum absolute atomic E-state index is 0.265. The first-order valence-electron chi connectivity index (χ1n) is 10.2. The number of ether oxygens (including phenoxy) is 1. The van der Waals surface area contributed by atoms with Crippen molar-refractivity contribution in [2.75, 3.05) is 61.0 Å². The molecular formula is C20H27N7O2. The minimum Gasteiger partial charge on any atom is -0.450 e. The van der Waals surface area contributed by atoms with Gasteiger partial charge in [0.2, 0.25) is 5.95 Å². The number of amides is 1. The molecule has 9 heteroatoms. The van der Waals surface area contributed by atoms with Crippen LogP contribution in [-0.4, -0.2) is 72.0 Å². The first-order chi connectivity index (χ1) is 14.2. The van der Waals surface area contributed by atoms with E-state index in [0.717, 1.165) is 18.8 Å². The van der Waals surface area contributed by atoms with Gasteiger partial charge in [0.1, 0.15) is 0 Å². The molecule has 0 spiro atoms. The van der Waals surface area contributed by atoms with Gasteiger partial charge in [0, 0.05) is 50.6 Å². The summed E-state index contributed by atoms with van der Waals surface area (Å²) >= 11 is 0. The summed E-state index contributed by atoms with van der Waals surface area (Å²) in [5.74, 6) is 1.21. The van der Waals surface area contributed by atoms with E-state index in [1.54, 1.807) is 11.1 Å². The molecule has 0 atom stereocenters. The quantitative estimate of drug-likeness (QED) is 0.824. The van der Waals surface area contributed by atoms with Crippen LogP contribution < -0.4 is 15.1 Å². The van der Waals surface area contributed by atoms with E-state index in [2.05, 4.69) is 49.7 Å². The molecule has 0 aliphatic carbocycles.